The first-order chi connectivity index (χ1) is 15.7. The van der Waals surface area contributed by atoms with E-state index in [2.05, 4.69) is 4.98 Å². The van der Waals surface area contributed by atoms with Gasteiger partial charge in [0.1, 0.15) is 23.7 Å². The van der Waals surface area contributed by atoms with Crippen LogP contribution in [0, 0.1) is 6.92 Å². The van der Waals surface area contributed by atoms with Gasteiger partial charge in [-0.1, -0.05) is 6.07 Å². The van der Waals surface area contributed by atoms with Crippen LogP contribution in [0.15, 0.2) is 34.9 Å². The summed E-state index contributed by atoms with van der Waals surface area (Å²) >= 11 is 0. The number of aromatic nitrogens is 1. The Morgan fingerprint density at radius 1 is 1.33 bits per heavy atom. The van der Waals surface area contributed by atoms with Crippen LogP contribution in [0.5, 0.6) is 5.75 Å². The highest BCUT2D eigenvalue weighted by atomic mass is 19.4. The average Bonchev–Trinajstić information content (AvgIpc) is 3.35. The second-order valence-electron chi connectivity index (χ2n) is 8.06. The zero-order chi connectivity index (χ0) is 23.8. The van der Waals surface area contributed by atoms with Crippen molar-refractivity contribution in [2.24, 2.45) is 5.73 Å². The number of aryl methyl sites for hydroxylation is 1. The van der Waals surface area contributed by atoms with Crippen LogP contribution in [0.3, 0.4) is 0 Å². The van der Waals surface area contributed by atoms with Gasteiger partial charge in [-0.25, -0.2) is 0 Å². The number of amides is 1. The van der Waals surface area contributed by atoms with Crippen molar-refractivity contribution >= 4 is 16.9 Å². The molecule has 1 fully saturated rings. The molecule has 1 saturated heterocycles. The van der Waals surface area contributed by atoms with Crippen molar-refractivity contribution in [2.75, 3.05) is 19.8 Å². The summed E-state index contributed by atoms with van der Waals surface area (Å²) in [6, 6.07) is 5.88. The van der Waals surface area contributed by atoms with Crippen LogP contribution >= 0.6 is 0 Å². The molecule has 1 aliphatic rings. The number of nitrogens with zero attached hydrogens (tertiary/aromatic N) is 1. The lowest BCUT2D eigenvalue weighted by molar-refractivity contribution is -0.142. The first kappa shape index (κ1) is 23.1. The van der Waals surface area contributed by atoms with Gasteiger partial charge in [-0.05, 0) is 38.0 Å². The number of ether oxygens (including phenoxy) is 2. The van der Waals surface area contributed by atoms with Gasteiger partial charge in [-0.2, -0.15) is 13.2 Å². The monoisotopic (exact) mass is 464 g/mol. The number of halogens is 3. The Bertz CT molecular complexity index is 1180. The van der Waals surface area contributed by atoms with Crippen LogP contribution in [0.4, 0.5) is 13.2 Å². The van der Waals surface area contributed by atoms with Gasteiger partial charge in [0.2, 0.25) is 0 Å². The number of furan rings is 1. The van der Waals surface area contributed by atoms with E-state index >= 15 is 0 Å². The molecule has 4 rings (SSSR count). The Kier molecular flexibility index (Phi) is 6.06. The minimum atomic E-state index is -4.63. The Morgan fingerprint density at radius 2 is 2.12 bits per heavy atom. The van der Waals surface area contributed by atoms with E-state index in [9.17, 15) is 23.1 Å². The maximum absolute atomic E-state index is 13.4. The van der Waals surface area contributed by atoms with Gasteiger partial charge < -0.3 is 24.7 Å². The van der Waals surface area contributed by atoms with Crippen LogP contribution in [0.2, 0.25) is 0 Å². The van der Waals surface area contributed by atoms with E-state index in [1.54, 1.807) is 19.1 Å². The maximum Gasteiger partial charge on any atom is 0.433 e. The number of carbonyl (C=O) groups excluding carboxylic acids is 1. The number of rotatable bonds is 7. The molecule has 3 aromatic rings. The van der Waals surface area contributed by atoms with Crippen molar-refractivity contribution in [3.05, 3.63) is 58.6 Å². The molecule has 1 atom stereocenters. The zero-order valence-corrected chi connectivity index (χ0v) is 17.9. The summed E-state index contributed by atoms with van der Waals surface area (Å²) in [7, 11) is 0. The fourth-order valence-electron chi connectivity index (χ4n) is 4.54. The van der Waals surface area contributed by atoms with Crippen molar-refractivity contribution < 1.29 is 37.0 Å². The van der Waals surface area contributed by atoms with Crippen LogP contribution in [-0.4, -0.2) is 35.8 Å². The fraction of sp³-hybridized carbons (Fsp3) is 0.391. The van der Waals surface area contributed by atoms with E-state index in [-0.39, 0.29) is 30.1 Å². The first-order valence-corrected chi connectivity index (χ1v) is 10.4. The molecule has 1 unspecified atom stereocenters. The van der Waals surface area contributed by atoms with E-state index in [4.69, 9.17) is 19.6 Å². The van der Waals surface area contributed by atoms with Crippen molar-refractivity contribution in [3.63, 3.8) is 0 Å². The number of carbonyl (C=O) groups is 1. The quantitative estimate of drug-likeness (QED) is 0.550. The number of hydrogen-bond donors (Lipinski definition) is 2. The molecule has 3 N–H and O–H groups in total. The summed E-state index contributed by atoms with van der Waals surface area (Å²) in [5, 5.41) is 10.2. The molecule has 2 aromatic heterocycles. The van der Waals surface area contributed by atoms with Crippen LogP contribution < -0.4 is 10.5 Å². The Morgan fingerprint density at radius 3 is 2.76 bits per heavy atom. The smallest absolute Gasteiger partial charge is 0.433 e. The van der Waals surface area contributed by atoms with Crippen molar-refractivity contribution in [3.8, 4) is 5.75 Å². The van der Waals surface area contributed by atoms with Crippen molar-refractivity contribution in [1.29, 1.82) is 0 Å². The molecule has 0 aliphatic carbocycles. The molecule has 176 valence electrons. The van der Waals surface area contributed by atoms with E-state index < -0.39 is 29.8 Å². The molecular weight excluding hydrogens is 441 g/mol. The van der Waals surface area contributed by atoms with E-state index in [0.29, 0.717) is 41.7 Å². The minimum absolute atomic E-state index is 0.131. The lowest BCUT2D eigenvalue weighted by atomic mass is 9.74. The van der Waals surface area contributed by atoms with Gasteiger partial charge >= 0.3 is 6.18 Å². The van der Waals surface area contributed by atoms with Crippen molar-refractivity contribution in [1.82, 2.24) is 4.98 Å². The number of fused-ring (bicyclic) bond motifs is 1. The molecule has 10 heteroatoms. The minimum Gasteiger partial charge on any atom is -0.488 e. The highest BCUT2D eigenvalue weighted by Crippen LogP contribution is 2.47. The summed E-state index contributed by atoms with van der Waals surface area (Å²) in [4.78, 5) is 15.7. The standard InChI is InChI=1S/C23H23F3N2O5/c1-13-17(21(27)30)18-15(33-13)4-5-16(19(18)22(6-9-29)7-10-31-12-22)32-11-14-3-2-8-28-20(14)23(24,25)26/h2-5,8,29H,6-7,9-12H2,1H3,(H2,27,30). The lowest BCUT2D eigenvalue weighted by Crippen LogP contribution is -2.29. The van der Waals surface area contributed by atoms with E-state index in [1.165, 1.54) is 12.1 Å². The van der Waals surface area contributed by atoms with Crippen molar-refractivity contribution in [2.45, 2.75) is 38.0 Å². The molecule has 0 bridgehead atoms. The fourth-order valence-corrected chi connectivity index (χ4v) is 4.54. The molecule has 0 radical (unpaired) electrons. The summed E-state index contributed by atoms with van der Waals surface area (Å²) in [5.41, 5.74) is 4.85. The summed E-state index contributed by atoms with van der Waals surface area (Å²) in [6.07, 6.45) is -2.74. The van der Waals surface area contributed by atoms with Gasteiger partial charge in [-0.3, -0.25) is 9.78 Å². The maximum atomic E-state index is 13.4. The van der Waals surface area contributed by atoms with Crippen LogP contribution in [-0.2, 0) is 22.9 Å². The highest BCUT2D eigenvalue weighted by molar-refractivity contribution is 6.08. The number of nitrogens with two attached hydrogens (primary N) is 1. The van der Waals surface area contributed by atoms with Gasteiger partial charge in [0.15, 0.2) is 5.69 Å². The third-order valence-corrected chi connectivity index (χ3v) is 6.01. The van der Waals surface area contributed by atoms with Gasteiger partial charge in [0, 0.05) is 41.3 Å². The highest BCUT2D eigenvalue weighted by Gasteiger charge is 2.42. The normalized spacial score (nSPS) is 18.7. The molecule has 1 aromatic carbocycles. The molecule has 33 heavy (non-hydrogen) atoms. The molecular formula is C23H23F3N2O5. The molecule has 0 saturated carbocycles. The SMILES string of the molecule is Cc1oc2ccc(OCc3cccnc3C(F)(F)F)c(C3(CCO)CCOC3)c2c1C(N)=O. The number of benzene rings is 1. The number of aliphatic hydroxyl groups is 1. The first-order valence-electron chi connectivity index (χ1n) is 10.4. The van der Waals surface area contributed by atoms with Gasteiger partial charge in [0.25, 0.3) is 5.91 Å². The Balaban J connectivity index is 1.88. The lowest BCUT2D eigenvalue weighted by Gasteiger charge is -2.30. The van der Waals surface area contributed by atoms with E-state index in [0.717, 1.165) is 6.20 Å². The number of primary amides is 1. The summed E-state index contributed by atoms with van der Waals surface area (Å²) in [5.74, 6) is -0.114. The summed E-state index contributed by atoms with van der Waals surface area (Å²) in [6.45, 7) is 1.70. The predicted octanol–water partition coefficient (Wildman–Crippen LogP) is 3.87. The number of pyridine rings is 1. The van der Waals surface area contributed by atoms with Gasteiger partial charge in [0.05, 0.1) is 12.2 Å². The second kappa shape index (κ2) is 8.68. The molecule has 1 aliphatic heterocycles. The van der Waals surface area contributed by atoms with E-state index in [1.807, 2.05) is 0 Å². The third kappa shape index (κ3) is 4.16. The average molecular weight is 464 g/mol. The Hall–Kier alpha value is -3.11. The number of aliphatic hydroxyl groups excluding tert-OH is 1. The molecule has 0 spiro atoms. The zero-order valence-electron chi connectivity index (χ0n) is 17.9. The van der Waals surface area contributed by atoms with Crippen LogP contribution in [0.25, 0.3) is 11.0 Å². The second-order valence-corrected chi connectivity index (χ2v) is 8.06. The predicted molar refractivity (Wildman–Crippen MR) is 112 cm³/mol. The number of hydrogen-bond acceptors (Lipinski definition) is 6. The molecule has 3 heterocycles. The molecule has 7 nitrogen and oxygen atoms in total. The van der Waals surface area contributed by atoms with Crippen LogP contribution in [0.1, 0.15) is 45.8 Å². The summed E-state index contributed by atoms with van der Waals surface area (Å²) < 4.78 is 57.5. The topological polar surface area (TPSA) is 108 Å². The number of alkyl halides is 3. The largest absolute Gasteiger partial charge is 0.488 e. The third-order valence-electron chi connectivity index (χ3n) is 6.01. The Labute approximate surface area is 187 Å². The molecule has 1 amide bonds. The van der Waals surface area contributed by atoms with Gasteiger partial charge in [-0.15, -0.1) is 0 Å².